The van der Waals surface area contributed by atoms with E-state index < -0.39 is 0 Å². The largest absolute Gasteiger partial charge is 0.378 e. The molecule has 0 amide bonds. The van der Waals surface area contributed by atoms with Gasteiger partial charge in [-0.15, -0.1) is 5.10 Å². The molecule has 2 aliphatic rings. The molecule has 8 nitrogen and oxygen atoms in total. The minimum Gasteiger partial charge on any atom is -0.378 e. The Morgan fingerprint density at radius 2 is 1.74 bits per heavy atom. The standard InChI is InChI=1S/C19H31N7O/c1-3-4-5-23-6-8-24(9-7-23)15-17-21-19-20-16(2)14-18(26(19)22-17)25-10-12-27-13-11-25/h14H,3-13,15H2,1-2H3. The number of piperazine rings is 1. The molecule has 0 bridgehead atoms. The van der Waals surface area contributed by atoms with Crippen LogP contribution in [0.25, 0.3) is 5.78 Å². The van der Waals surface area contributed by atoms with E-state index in [4.69, 9.17) is 14.8 Å². The first-order valence-corrected chi connectivity index (χ1v) is 10.2. The Labute approximate surface area is 161 Å². The number of nitrogens with zero attached hydrogens (tertiary/aromatic N) is 7. The molecule has 2 saturated heterocycles. The molecule has 2 fully saturated rings. The lowest BCUT2D eigenvalue weighted by Crippen LogP contribution is -2.46. The van der Waals surface area contributed by atoms with E-state index in [1.54, 1.807) is 0 Å². The Hall–Kier alpha value is -1.77. The molecular weight excluding hydrogens is 342 g/mol. The Morgan fingerprint density at radius 3 is 2.48 bits per heavy atom. The third-order valence-corrected chi connectivity index (χ3v) is 5.46. The van der Waals surface area contributed by atoms with E-state index in [1.807, 2.05) is 11.4 Å². The molecule has 8 heteroatoms. The fourth-order valence-electron chi connectivity index (χ4n) is 3.85. The molecule has 0 spiro atoms. The number of hydrogen-bond donors (Lipinski definition) is 0. The SMILES string of the molecule is CCCCN1CCN(Cc2nc3nc(C)cc(N4CCOCC4)n3n2)CC1. The molecule has 148 valence electrons. The van der Waals surface area contributed by atoms with Crippen LogP contribution in [0.2, 0.25) is 0 Å². The van der Waals surface area contributed by atoms with E-state index >= 15 is 0 Å². The summed E-state index contributed by atoms with van der Waals surface area (Å²) in [4.78, 5) is 16.7. The number of aryl methyl sites for hydroxylation is 1. The molecule has 0 radical (unpaired) electrons. The molecule has 0 unspecified atom stereocenters. The predicted molar refractivity (Wildman–Crippen MR) is 105 cm³/mol. The van der Waals surface area contributed by atoms with Crippen molar-refractivity contribution < 1.29 is 4.74 Å². The van der Waals surface area contributed by atoms with Crippen molar-refractivity contribution >= 4 is 11.6 Å². The van der Waals surface area contributed by atoms with E-state index in [2.05, 4.69) is 32.7 Å². The van der Waals surface area contributed by atoms with Crippen LogP contribution in [0.5, 0.6) is 0 Å². The van der Waals surface area contributed by atoms with Gasteiger partial charge in [0.1, 0.15) is 5.82 Å². The second kappa shape index (κ2) is 8.50. The van der Waals surface area contributed by atoms with Crippen molar-refractivity contribution in [3.63, 3.8) is 0 Å². The molecule has 0 saturated carbocycles. The number of aromatic nitrogens is 4. The smallest absolute Gasteiger partial charge is 0.254 e. The lowest BCUT2D eigenvalue weighted by atomic mass is 10.2. The number of fused-ring (bicyclic) bond motifs is 1. The van der Waals surface area contributed by atoms with Crippen LogP contribution >= 0.6 is 0 Å². The van der Waals surface area contributed by atoms with Crippen molar-refractivity contribution in [3.05, 3.63) is 17.6 Å². The highest BCUT2D eigenvalue weighted by Crippen LogP contribution is 2.18. The minimum atomic E-state index is 0.702. The van der Waals surface area contributed by atoms with Gasteiger partial charge in [0.15, 0.2) is 5.82 Å². The van der Waals surface area contributed by atoms with E-state index in [0.717, 1.165) is 76.4 Å². The average Bonchev–Trinajstić information content (AvgIpc) is 3.09. The zero-order valence-electron chi connectivity index (χ0n) is 16.6. The van der Waals surface area contributed by atoms with Gasteiger partial charge in [-0.25, -0.2) is 4.98 Å². The molecule has 2 aliphatic heterocycles. The van der Waals surface area contributed by atoms with Crippen molar-refractivity contribution in [3.8, 4) is 0 Å². The fourth-order valence-corrected chi connectivity index (χ4v) is 3.85. The van der Waals surface area contributed by atoms with Gasteiger partial charge >= 0.3 is 0 Å². The predicted octanol–water partition coefficient (Wildman–Crippen LogP) is 1.19. The van der Waals surface area contributed by atoms with Crippen LogP contribution in [0, 0.1) is 6.92 Å². The Morgan fingerprint density at radius 1 is 1.00 bits per heavy atom. The van der Waals surface area contributed by atoms with Crippen molar-refractivity contribution in [1.82, 2.24) is 29.4 Å². The fraction of sp³-hybridized carbons (Fsp3) is 0.737. The van der Waals surface area contributed by atoms with Crippen molar-refractivity contribution in [2.75, 3.05) is 63.9 Å². The molecule has 0 atom stereocenters. The lowest BCUT2D eigenvalue weighted by molar-refractivity contribution is 0.122. The molecule has 27 heavy (non-hydrogen) atoms. The summed E-state index contributed by atoms with van der Waals surface area (Å²) >= 11 is 0. The zero-order valence-corrected chi connectivity index (χ0v) is 16.6. The number of hydrogen-bond acceptors (Lipinski definition) is 7. The molecule has 4 heterocycles. The van der Waals surface area contributed by atoms with Crippen molar-refractivity contribution in [2.24, 2.45) is 0 Å². The maximum absolute atomic E-state index is 5.49. The highest BCUT2D eigenvalue weighted by molar-refractivity contribution is 5.47. The van der Waals surface area contributed by atoms with Crippen LogP contribution in [0.4, 0.5) is 5.82 Å². The van der Waals surface area contributed by atoms with Gasteiger partial charge < -0.3 is 14.5 Å². The molecule has 4 rings (SSSR count). The first kappa shape index (κ1) is 18.6. The molecule has 2 aromatic rings. The number of morpholine rings is 1. The number of rotatable bonds is 6. The van der Waals surface area contributed by atoms with Gasteiger partial charge in [0.25, 0.3) is 5.78 Å². The van der Waals surface area contributed by atoms with Gasteiger partial charge in [0, 0.05) is 51.0 Å². The first-order valence-electron chi connectivity index (χ1n) is 10.2. The molecule has 0 aromatic carbocycles. The summed E-state index contributed by atoms with van der Waals surface area (Å²) in [6.45, 7) is 14.0. The summed E-state index contributed by atoms with van der Waals surface area (Å²) in [6, 6.07) is 2.10. The molecular formula is C19H31N7O. The number of unbranched alkanes of at least 4 members (excludes halogenated alkanes) is 1. The summed E-state index contributed by atoms with van der Waals surface area (Å²) in [5, 5.41) is 4.80. The normalized spacial score (nSPS) is 19.9. The van der Waals surface area contributed by atoms with Crippen LogP contribution in [-0.2, 0) is 11.3 Å². The highest BCUT2D eigenvalue weighted by Gasteiger charge is 2.21. The van der Waals surface area contributed by atoms with Gasteiger partial charge in [-0.05, 0) is 19.9 Å². The molecule has 2 aromatic heterocycles. The third-order valence-electron chi connectivity index (χ3n) is 5.46. The maximum atomic E-state index is 5.49. The van der Waals surface area contributed by atoms with E-state index in [0.29, 0.717) is 5.78 Å². The third kappa shape index (κ3) is 4.39. The van der Waals surface area contributed by atoms with Gasteiger partial charge in [-0.3, -0.25) is 4.90 Å². The van der Waals surface area contributed by atoms with Crippen molar-refractivity contribution in [1.29, 1.82) is 0 Å². The minimum absolute atomic E-state index is 0.702. The van der Waals surface area contributed by atoms with Crippen LogP contribution in [0.3, 0.4) is 0 Å². The van der Waals surface area contributed by atoms with Gasteiger partial charge in [-0.2, -0.15) is 9.50 Å². The Kier molecular flexibility index (Phi) is 5.85. The topological polar surface area (TPSA) is 62.0 Å². The maximum Gasteiger partial charge on any atom is 0.254 e. The Bertz CT molecular complexity index is 748. The molecule has 0 aliphatic carbocycles. The first-order chi connectivity index (χ1) is 13.2. The average molecular weight is 374 g/mol. The van der Waals surface area contributed by atoms with Gasteiger partial charge in [0.05, 0.1) is 19.8 Å². The van der Waals surface area contributed by atoms with Crippen LogP contribution in [0.1, 0.15) is 31.3 Å². The van der Waals surface area contributed by atoms with Crippen LogP contribution < -0.4 is 4.90 Å². The molecule has 0 N–H and O–H groups in total. The zero-order chi connectivity index (χ0) is 18.6. The summed E-state index contributed by atoms with van der Waals surface area (Å²) in [5.74, 6) is 2.64. The summed E-state index contributed by atoms with van der Waals surface area (Å²) < 4.78 is 7.40. The lowest BCUT2D eigenvalue weighted by Gasteiger charge is -2.34. The summed E-state index contributed by atoms with van der Waals surface area (Å²) in [7, 11) is 0. The van der Waals surface area contributed by atoms with E-state index in [-0.39, 0.29) is 0 Å². The van der Waals surface area contributed by atoms with E-state index in [1.165, 1.54) is 19.4 Å². The van der Waals surface area contributed by atoms with Gasteiger partial charge in [0.2, 0.25) is 0 Å². The van der Waals surface area contributed by atoms with Crippen LogP contribution in [0.15, 0.2) is 6.07 Å². The van der Waals surface area contributed by atoms with E-state index in [9.17, 15) is 0 Å². The quantitative estimate of drug-likeness (QED) is 0.754. The van der Waals surface area contributed by atoms with Crippen LogP contribution in [-0.4, -0.2) is 88.4 Å². The highest BCUT2D eigenvalue weighted by atomic mass is 16.5. The number of anilines is 1. The summed E-state index contributed by atoms with van der Waals surface area (Å²) in [6.07, 6.45) is 2.56. The monoisotopic (exact) mass is 373 g/mol. The van der Waals surface area contributed by atoms with Gasteiger partial charge in [-0.1, -0.05) is 13.3 Å². The summed E-state index contributed by atoms with van der Waals surface area (Å²) in [5.41, 5.74) is 0.979. The van der Waals surface area contributed by atoms with Crippen molar-refractivity contribution in [2.45, 2.75) is 33.2 Å². The number of ether oxygens (including phenoxy) is 1. The second-order valence-corrected chi connectivity index (χ2v) is 7.57. The Balaban J connectivity index is 1.46. The second-order valence-electron chi connectivity index (χ2n) is 7.57.